The third-order valence-electron chi connectivity index (χ3n) is 4.79. The van der Waals surface area contributed by atoms with Gasteiger partial charge in [-0.05, 0) is 18.2 Å². The average Bonchev–Trinajstić information content (AvgIpc) is 2.72. The standard InChI is InChI=1S/C20H23F3N4O3S2/c1-13(2)31-17-5-4-15(32(3,29)30)10-16(17)18(28)26-6-8-27(9-7-26)19-24-11-14(12-25-19)20(21,22)23/h4-5,10-13H,6-9H2,1-3H3. The van der Waals surface area contributed by atoms with E-state index in [2.05, 4.69) is 9.97 Å². The zero-order chi connectivity index (χ0) is 23.7. The smallest absolute Gasteiger partial charge is 0.337 e. The molecule has 0 N–H and O–H groups in total. The van der Waals surface area contributed by atoms with Gasteiger partial charge in [-0.2, -0.15) is 13.2 Å². The van der Waals surface area contributed by atoms with Gasteiger partial charge in [0.25, 0.3) is 5.91 Å². The molecule has 3 rings (SSSR count). The van der Waals surface area contributed by atoms with Gasteiger partial charge in [0, 0.05) is 55.0 Å². The molecule has 7 nitrogen and oxygen atoms in total. The second kappa shape index (κ2) is 9.26. The van der Waals surface area contributed by atoms with Crippen molar-refractivity contribution in [1.82, 2.24) is 14.9 Å². The number of nitrogens with zero attached hydrogens (tertiary/aromatic N) is 4. The highest BCUT2D eigenvalue weighted by atomic mass is 32.2. The molecular weight excluding hydrogens is 465 g/mol. The van der Waals surface area contributed by atoms with Crippen molar-refractivity contribution in [3.63, 3.8) is 0 Å². The Bertz CT molecular complexity index is 1080. The number of rotatable bonds is 5. The largest absolute Gasteiger partial charge is 0.419 e. The van der Waals surface area contributed by atoms with Gasteiger partial charge in [-0.1, -0.05) is 13.8 Å². The minimum absolute atomic E-state index is 0.0748. The van der Waals surface area contributed by atoms with Crippen LogP contribution in [-0.2, 0) is 16.0 Å². The van der Waals surface area contributed by atoms with Gasteiger partial charge < -0.3 is 9.80 Å². The summed E-state index contributed by atoms with van der Waals surface area (Å²) in [5.74, 6) is -0.119. The lowest BCUT2D eigenvalue weighted by Crippen LogP contribution is -2.49. The number of halogens is 3. The first kappa shape index (κ1) is 24.3. The molecule has 12 heteroatoms. The van der Waals surface area contributed by atoms with Crippen LogP contribution < -0.4 is 4.90 Å². The molecule has 32 heavy (non-hydrogen) atoms. The van der Waals surface area contributed by atoms with Crippen molar-refractivity contribution in [3.05, 3.63) is 41.7 Å². The maximum Gasteiger partial charge on any atom is 0.419 e. The van der Waals surface area contributed by atoms with Crippen LogP contribution in [0.3, 0.4) is 0 Å². The van der Waals surface area contributed by atoms with E-state index in [0.29, 0.717) is 36.6 Å². The third kappa shape index (κ3) is 5.71. The lowest BCUT2D eigenvalue weighted by atomic mass is 10.1. The van der Waals surface area contributed by atoms with Crippen LogP contribution in [0.2, 0.25) is 0 Å². The van der Waals surface area contributed by atoms with Gasteiger partial charge in [0.15, 0.2) is 9.84 Å². The van der Waals surface area contributed by atoms with Gasteiger partial charge in [0.05, 0.1) is 16.0 Å². The van der Waals surface area contributed by atoms with Crippen LogP contribution in [0, 0.1) is 0 Å². The molecule has 2 heterocycles. The number of carbonyl (C=O) groups excluding carboxylic acids is 1. The van der Waals surface area contributed by atoms with Gasteiger partial charge >= 0.3 is 6.18 Å². The lowest BCUT2D eigenvalue weighted by molar-refractivity contribution is -0.138. The van der Waals surface area contributed by atoms with E-state index >= 15 is 0 Å². The molecule has 174 valence electrons. The second-order valence-corrected chi connectivity index (χ2v) is 11.3. The summed E-state index contributed by atoms with van der Waals surface area (Å²) in [4.78, 5) is 24.9. The minimum atomic E-state index is -4.50. The fourth-order valence-electron chi connectivity index (χ4n) is 3.17. The van der Waals surface area contributed by atoms with Crippen LogP contribution in [0.4, 0.5) is 19.1 Å². The van der Waals surface area contributed by atoms with Gasteiger partial charge in [0.1, 0.15) is 0 Å². The first-order valence-corrected chi connectivity index (χ1v) is 12.6. The minimum Gasteiger partial charge on any atom is -0.337 e. The summed E-state index contributed by atoms with van der Waals surface area (Å²) in [6, 6.07) is 4.56. The molecule has 0 bridgehead atoms. The number of aromatic nitrogens is 2. The second-order valence-electron chi connectivity index (χ2n) is 7.65. The van der Waals surface area contributed by atoms with E-state index < -0.39 is 21.6 Å². The number of carbonyl (C=O) groups is 1. The van der Waals surface area contributed by atoms with Crippen molar-refractivity contribution in [2.75, 3.05) is 37.3 Å². The Morgan fingerprint density at radius 1 is 1.09 bits per heavy atom. The number of amides is 1. The van der Waals surface area contributed by atoms with Crippen LogP contribution in [0.25, 0.3) is 0 Å². The van der Waals surface area contributed by atoms with Gasteiger partial charge in [-0.25, -0.2) is 18.4 Å². The Morgan fingerprint density at radius 2 is 1.69 bits per heavy atom. The third-order valence-corrected chi connectivity index (χ3v) is 6.98. The van der Waals surface area contributed by atoms with Crippen LogP contribution in [-0.4, -0.2) is 66.9 Å². The molecular formula is C20H23F3N4O3S2. The summed E-state index contributed by atoms with van der Waals surface area (Å²) in [5, 5.41) is 0.194. The Balaban J connectivity index is 1.76. The topological polar surface area (TPSA) is 83.5 Å². The molecule has 1 aliphatic rings. The normalized spacial score (nSPS) is 15.3. The average molecular weight is 489 g/mol. The zero-order valence-corrected chi connectivity index (χ0v) is 19.4. The van der Waals surface area contributed by atoms with Crippen molar-refractivity contribution in [1.29, 1.82) is 0 Å². The number of sulfone groups is 1. The maximum absolute atomic E-state index is 13.2. The summed E-state index contributed by atoms with van der Waals surface area (Å²) in [7, 11) is -3.48. The van der Waals surface area contributed by atoms with E-state index in [0.717, 1.165) is 18.6 Å². The molecule has 0 aliphatic carbocycles. The van der Waals surface area contributed by atoms with Crippen molar-refractivity contribution in [3.8, 4) is 0 Å². The predicted molar refractivity (Wildman–Crippen MR) is 116 cm³/mol. The fourth-order valence-corrected chi connectivity index (χ4v) is 4.75. The number of alkyl halides is 3. The van der Waals surface area contributed by atoms with Crippen molar-refractivity contribution in [2.45, 2.75) is 35.1 Å². The highest BCUT2D eigenvalue weighted by Gasteiger charge is 2.32. The number of piperazine rings is 1. The summed E-state index contributed by atoms with van der Waals surface area (Å²) in [6.45, 7) is 5.25. The monoisotopic (exact) mass is 488 g/mol. The Morgan fingerprint density at radius 3 is 2.19 bits per heavy atom. The lowest BCUT2D eigenvalue weighted by Gasteiger charge is -2.35. The molecule has 0 spiro atoms. The maximum atomic E-state index is 13.2. The Labute approximate surface area is 188 Å². The Kier molecular flexibility index (Phi) is 7.03. The van der Waals surface area contributed by atoms with Gasteiger partial charge in [-0.15, -0.1) is 11.8 Å². The van der Waals surface area contributed by atoms with E-state index in [4.69, 9.17) is 0 Å². The summed E-state index contributed by atoms with van der Waals surface area (Å²) >= 11 is 1.47. The van der Waals surface area contributed by atoms with Crippen molar-refractivity contribution in [2.24, 2.45) is 0 Å². The quantitative estimate of drug-likeness (QED) is 0.597. The van der Waals surface area contributed by atoms with Crippen LogP contribution >= 0.6 is 11.8 Å². The molecule has 1 aromatic heterocycles. The summed E-state index contributed by atoms with van der Waals surface area (Å²) in [6.07, 6.45) is -1.93. The van der Waals surface area contributed by atoms with Crippen molar-refractivity contribution < 1.29 is 26.4 Å². The van der Waals surface area contributed by atoms with Gasteiger partial charge in [0.2, 0.25) is 5.95 Å². The van der Waals surface area contributed by atoms with Crippen molar-refractivity contribution >= 4 is 33.5 Å². The SMILES string of the molecule is CC(C)Sc1ccc(S(C)(=O)=O)cc1C(=O)N1CCN(c2ncc(C(F)(F)F)cn2)CC1. The highest BCUT2D eigenvalue weighted by Crippen LogP contribution is 2.31. The first-order valence-electron chi connectivity index (χ1n) is 9.80. The predicted octanol–water partition coefficient (Wildman–Crippen LogP) is 3.36. The van der Waals surface area contributed by atoms with E-state index in [-0.39, 0.29) is 22.0 Å². The number of thioether (sulfide) groups is 1. The van der Waals surface area contributed by atoms with E-state index in [1.165, 1.54) is 23.9 Å². The molecule has 0 saturated carbocycles. The zero-order valence-electron chi connectivity index (χ0n) is 17.8. The number of hydrogen-bond acceptors (Lipinski definition) is 7. The number of hydrogen-bond donors (Lipinski definition) is 0. The fraction of sp³-hybridized carbons (Fsp3) is 0.450. The molecule has 2 aromatic rings. The summed E-state index contributed by atoms with van der Waals surface area (Å²) < 4.78 is 62.1. The van der Waals surface area contributed by atoms with E-state index in [1.807, 2.05) is 13.8 Å². The van der Waals surface area contributed by atoms with Crippen LogP contribution in [0.15, 0.2) is 40.4 Å². The molecule has 1 saturated heterocycles. The first-order chi connectivity index (χ1) is 14.9. The number of benzene rings is 1. The molecule has 0 atom stereocenters. The Hall–Kier alpha value is -2.34. The van der Waals surface area contributed by atoms with Crippen LogP contribution in [0.1, 0.15) is 29.8 Å². The molecule has 0 unspecified atom stereocenters. The van der Waals surface area contributed by atoms with Crippen LogP contribution in [0.5, 0.6) is 0 Å². The summed E-state index contributed by atoms with van der Waals surface area (Å²) in [5.41, 5.74) is -0.596. The molecule has 1 aliphatic heterocycles. The van der Waals surface area contributed by atoms with E-state index in [1.54, 1.807) is 15.9 Å². The van der Waals surface area contributed by atoms with E-state index in [9.17, 15) is 26.4 Å². The molecule has 0 radical (unpaired) electrons. The highest BCUT2D eigenvalue weighted by molar-refractivity contribution is 8.00. The molecule has 1 aromatic carbocycles. The number of anilines is 1. The molecule has 1 fully saturated rings. The van der Waals surface area contributed by atoms with Gasteiger partial charge in [-0.3, -0.25) is 4.79 Å². The molecule has 1 amide bonds.